The normalized spacial score (nSPS) is 13.7. The van der Waals surface area contributed by atoms with Crippen LogP contribution in [0.2, 0.25) is 0 Å². The summed E-state index contributed by atoms with van der Waals surface area (Å²) in [6, 6.07) is 10.5. The van der Waals surface area contributed by atoms with Crippen molar-refractivity contribution in [1.82, 2.24) is 0 Å². The van der Waals surface area contributed by atoms with E-state index in [4.69, 9.17) is 4.42 Å². The lowest BCUT2D eigenvalue weighted by Crippen LogP contribution is -2.25. The highest BCUT2D eigenvalue weighted by atomic mass is 16.6. The molecular weight excluding hydrogens is 270 g/mol. The maximum atomic E-state index is 10.8. The highest BCUT2D eigenvalue weighted by Gasteiger charge is 2.31. The fourth-order valence-corrected chi connectivity index (χ4v) is 2.35. The van der Waals surface area contributed by atoms with E-state index in [1.54, 1.807) is 12.3 Å². The van der Waals surface area contributed by atoms with Crippen molar-refractivity contribution in [2.75, 3.05) is 4.90 Å². The molecule has 1 aliphatic rings. The Labute approximate surface area is 121 Å². The van der Waals surface area contributed by atoms with E-state index in [-0.39, 0.29) is 5.69 Å². The Kier molecular flexibility index (Phi) is 3.32. The first-order valence-corrected chi connectivity index (χ1v) is 6.66. The molecule has 1 aliphatic carbocycles. The second-order valence-electron chi connectivity index (χ2n) is 5.01. The second kappa shape index (κ2) is 5.29. The molecule has 1 fully saturated rings. The van der Waals surface area contributed by atoms with E-state index in [9.17, 15) is 15.4 Å². The van der Waals surface area contributed by atoms with Crippen LogP contribution in [0.1, 0.15) is 24.2 Å². The molecule has 1 aromatic carbocycles. The third-order valence-electron chi connectivity index (χ3n) is 3.51. The molecule has 1 heterocycles. The maximum absolute atomic E-state index is 10.8. The lowest BCUT2D eigenvalue weighted by atomic mass is 10.1. The second-order valence-corrected chi connectivity index (χ2v) is 5.01. The number of hydrogen-bond donors (Lipinski definition) is 0. The average Bonchev–Trinajstić information content (AvgIpc) is 3.21. The van der Waals surface area contributed by atoms with Gasteiger partial charge in [-0.1, -0.05) is 0 Å². The summed E-state index contributed by atoms with van der Waals surface area (Å²) in [4.78, 5) is 12.4. The third kappa shape index (κ3) is 2.72. The van der Waals surface area contributed by atoms with Crippen LogP contribution >= 0.6 is 0 Å². The van der Waals surface area contributed by atoms with Crippen molar-refractivity contribution < 1.29 is 9.34 Å². The van der Waals surface area contributed by atoms with Gasteiger partial charge in [-0.25, -0.2) is 0 Å². The van der Waals surface area contributed by atoms with Crippen LogP contribution in [-0.4, -0.2) is 11.0 Å². The van der Waals surface area contributed by atoms with Crippen LogP contribution in [0.15, 0.2) is 41.0 Å². The molecule has 6 heteroatoms. The summed E-state index contributed by atoms with van der Waals surface area (Å²) in [5.74, 6) is 0.809. The quantitative estimate of drug-likeness (QED) is 0.621. The zero-order chi connectivity index (χ0) is 14.8. The molecule has 2 aromatic rings. The first-order valence-electron chi connectivity index (χ1n) is 6.66. The van der Waals surface area contributed by atoms with Crippen molar-refractivity contribution >= 4 is 11.4 Å². The number of nitriles is 1. The van der Waals surface area contributed by atoms with Crippen LogP contribution < -0.4 is 4.90 Å². The molecule has 0 N–H and O–H groups in total. The Bertz CT molecular complexity index is 699. The van der Waals surface area contributed by atoms with Gasteiger partial charge in [-0.2, -0.15) is 5.26 Å². The number of nitrogens with zero attached hydrogens (tertiary/aromatic N) is 3. The number of hydrogen-bond acceptors (Lipinski definition) is 5. The van der Waals surface area contributed by atoms with Crippen molar-refractivity contribution in [2.45, 2.75) is 25.4 Å². The van der Waals surface area contributed by atoms with E-state index in [1.165, 1.54) is 12.1 Å². The van der Waals surface area contributed by atoms with Gasteiger partial charge in [0.2, 0.25) is 0 Å². The van der Waals surface area contributed by atoms with E-state index in [1.807, 2.05) is 12.1 Å². The van der Waals surface area contributed by atoms with Crippen LogP contribution in [0.25, 0.3) is 0 Å². The zero-order valence-electron chi connectivity index (χ0n) is 11.2. The largest absolute Gasteiger partial charge is 0.467 e. The molecular formula is C15H13N3O3. The topological polar surface area (TPSA) is 83.3 Å². The number of nitro benzene ring substituents is 1. The van der Waals surface area contributed by atoms with Gasteiger partial charge in [-0.05, 0) is 31.0 Å². The number of benzene rings is 1. The Hall–Kier alpha value is -2.81. The minimum absolute atomic E-state index is 0.0657. The van der Waals surface area contributed by atoms with Crippen molar-refractivity contribution in [3.8, 4) is 6.07 Å². The molecule has 0 radical (unpaired) electrons. The lowest BCUT2D eigenvalue weighted by molar-refractivity contribution is -0.384. The number of rotatable bonds is 5. The number of furan rings is 1. The van der Waals surface area contributed by atoms with Crippen molar-refractivity contribution in [3.05, 3.63) is 58.0 Å². The summed E-state index contributed by atoms with van der Waals surface area (Å²) in [5.41, 5.74) is 0.980. The van der Waals surface area contributed by atoms with Crippen LogP contribution in [0, 0.1) is 21.4 Å². The number of anilines is 1. The fourth-order valence-electron chi connectivity index (χ4n) is 2.35. The maximum Gasteiger partial charge on any atom is 0.270 e. The molecule has 1 saturated carbocycles. The molecule has 0 bridgehead atoms. The Morgan fingerprint density at radius 3 is 2.81 bits per heavy atom. The predicted octanol–water partition coefficient (Wildman–Crippen LogP) is 3.23. The molecule has 0 saturated heterocycles. The van der Waals surface area contributed by atoms with Gasteiger partial charge in [-0.15, -0.1) is 0 Å². The van der Waals surface area contributed by atoms with Crippen molar-refractivity contribution in [3.63, 3.8) is 0 Å². The summed E-state index contributed by atoms with van der Waals surface area (Å²) in [5, 5.41) is 20.1. The van der Waals surface area contributed by atoms with Gasteiger partial charge in [0.25, 0.3) is 5.69 Å². The molecule has 0 aliphatic heterocycles. The molecule has 21 heavy (non-hydrogen) atoms. The molecule has 106 valence electrons. The predicted molar refractivity (Wildman–Crippen MR) is 75.7 cm³/mol. The third-order valence-corrected chi connectivity index (χ3v) is 3.51. The van der Waals surface area contributed by atoms with Gasteiger partial charge >= 0.3 is 0 Å². The standard InChI is InChI=1S/C15H13N3O3/c16-9-11-8-13(18(19)20)5-6-15(11)17(12-3-4-12)10-14-2-1-7-21-14/h1-2,5-8,12H,3-4,10H2. The molecule has 1 aromatic heterocycles. The first kappa shape index (κ1) is 13.2. The van der Waals surface area contributed by atoms with E-state index in [2.05, 4.69) is 11.0 Å². The molecule has 6 nitrogen and oxygen atoms in total. The van der Waals surface area contributed by atoms with Gasteiger partial charge in [0, 0.05) is 18.2 Å². The van der Waals surface area contributed by atoms with Gasteiger partial charge < -0.3 is 9.32 Å². The smallest absolute Gasteiger partial charge is 0.270 e. The summed E-state index contributed by atoms with van der Waals surface area (Å²) < 4.78 is 5.37. The molecule has 0 spiro atoms. The Morgan fingerprint density at radius 2 is 2.24 bits per heavy atom. The molecule has 0 atom stereocenters. The molecule has 0 amide bonds. The highest BCUT2D eigenvalue weighted by molar-refractivity contribution is 5.64. The van der Waals surface area contributed by atoms with Gasteiger partial charge in [0.05, 0.1) is 29.0 Å². The van der Waals surface area contributed by atoms with Crippen molar-refractivity contribution in [2.24, 2.45) is 0 Å². The fraction of sp³-hybridized carbons (Fsp3) is 0.267. The Morgan fingerprint density at radius 1 is 1.43 bits per heavy atom. The first-order chi connectivity index (χ1) is 10.2. The van der Waals surface area contributed by atoms with Gasteiger partial charge in [-0.3, -0.25) is 10.1 Å². The summed E-state index contributed by atoms with van der Waals surface area (Å²) in [6.45, 7) is 0.560. The molecule has 3 rings (SSSR count). The summed E-state index contributed by atoms with van der Waals surface area (Å²) >= 11 is 0. The van der Waals surface area contributed by atoms with Gasteiger partial charge in [0.1, 0.15) is 11.8 Å². The minimum atomic E-state index is -0.487. The highest BCUT2D eigenvalue weighted by Crippen LogP contribution is 2.36. The van der Waals surface area contributed by atoms with Gasteiger partial charge in [0.15, 0.2) is 0 Å². The van der Waals surface area contributed by atoms with Crippen LogP contribution in [0.4, 0.5) is 11.4 Å². The number of non-ortho nitro benzene ring substituents is 1. The average molecular weight is 283 g/mol. The summed E-state index contributed by atoms with van der Waals surface area (Å²) in [7, 11) is 0. The van der Waals surface area contributed by atoms with E-state index in [0.717, 1.165) is 24.3 Å². The number of nitro groups is 1. The van der Waals surface area contributed by atoms with E-state index in [0.29, 0.717) is 18.2 Å². The SMILES string of the molecule is N#Cc1cc([N+](=O)[O-])ccc1N(Cc1ccco1)C1CC1. The zero-order valence-corrected chi connectivity index (χ0v) is 11.2. The summed E-state index contributed by atoms with van der Waals surface area (Å²) in [6.07, 6.45) is 3.73. The van der Waals surface area contributed by atoms with Crippen LogP contribution in [-0.2, 0) is 6.54 Å². The molecule has 0 unspecified atom stereocenters. The van der Waals surface area contributed by atoms with Crippen molar-refractivity contribution in [1.29, 1.82) is 5.26 Å². The lowest BCUT2D eigenvalue weighted by Gasteiger charge is -2.24. The minimum Gasteiger partial charge on any atom is -0.467 e. The monoisotopic (exact) mass is 283 g/mol. The van der Waals surface area contributed by atoms with Crippen LogP contribution in [0.3, 0.4) is 0 Å². The van der Waals surface area contributed by atoms with E-state index < -0.39 is 4.92 Å². The Balaban J connectivity index is 1.95. The van der Waals surface area contributed by atoms with Crippen LogP contribution in [0.5, 0.6) is 0 Å². The van der Waals surface area contributed by atoms with E-state index >= 15 is 0 Å².